The van der Waals surface area contributed by atoms with Crippen LogP contribution in [-0.4, -0.2) is 41.3 Å². The largest absolute Gasteiger partial charge is 0.392 e. The Balaban J connectivity index is 2.13. The average molecular weight is 291 g/mol. The van der Waals surface area contributed by atoms with Gasteiger partial charge in [0, 0.05) is 13.6 Å². The molecule has 1 aliphatic heterocycles. The van der Waals surface area contributed by atoms with Crippen molar-refractivity contribution >= 4 is 29.0 Å². The monoisotopic (exact) mass is 291 g/mol. The standard InChI is InChI=1S/C14H17N3O2S/c1-17-8-7-10(14(17)19)16-13(18)11(12(15)20)9-5-3-2-4-6-9/h2-6,10-11H,7-8H2,1H3,(H2,15,20)(H,16,18). The Hall–Kier alpha value is -1.95. The van der Waals surface area contributed by atoms with Crippen LogP contribution in [0.25, 0.3) is 0 Å². The molecule has 106 valence electrons. The van der Waals surface area contributed by atoms with E-state index in [4.69, 9.17) is 18.0 Å². The van der Waals surface area contributed by atoms with Crippen molar-refractivity contribution in [3.05, 3.63) is 35.9 Å². The van der Waals surface area contributed by atoms with Gasteiger partial charge in [-0.2, -0.15) is 0 Å². The first kappa shape index (κ1) is 14.5. The first-order valence-corrected chi connectivity index (χ1v) is 6.81. The second-order valence-electron chi connectivity index (χ2n) is 4.86. The predicted octanol–water partition coefficient (Wildman–Crippen LogP) is 0.403. The molecule has 0 saturated carbocycles. The van der Waals surface area contributed by atoms with Gasteiger partial charge in [-0.3, -0.25) is 9.59 Å². The Morgan fingerprint density at radius 1 is 1.45 bits per heavy atom. The summed E-state index contributed by atoms with van der Waals surface area (Å²) in [6, 6.07) is 8.61. The van der Waals surface area contributed by atoms with Crippen molar-refractivity contribution in [3.8, 4) is 0 Å². The van der Waals surface area contributed by atoms with Crippen molar-refractivity contribution in [2.45, 2.75) is 18.4 Å². The number of hydrogen-bond acceptors (Lipinski definition) is 3. The number of thiocarbonyl (C=S) groups is 1. The maximum atomic E-state index is 12.3. The van der Waals surface area contributed by atoms with Gasteiger partial charge in [0.25, 0.3) is 0 Å². The van der Waals surface area contributed by atoms with Crippen LogP contribution in [0.1, 0.15) is 17.9 Å². The topological polar surface area (TPSA) is 75.4 Å². The average Bonchev–Trinajstić information content (AvgIpc) is 2.72. The molecule has 0 bridgehead atoms. The third kappa shape index (κ3) is 2.96. The van der Waals surface area contributed by atoms with Crippen LogP contribution < -0.4 is 11.1 Å². The zero-order chi connectivity index (χ0) is 14.7. The third-order valence-corrected chi connectivity index (χ3v) is 3.66. The molecule has 6 heteroatoms. The lowest BCUT2D eigenvalue weighted by molar-refractivity contribution is -0.131. The third-order valence-electron chi connectivity index (χ3n) is 3.42. The molecule has 1 saturated heterocycles. The number of nitrogens with one attached hydrogen (secondary N) is 1. The number of likely N-dealkylation sites (N-methyl/N-ethyl adjacent to an activating group) is 1. The predicted molar refractivity (Wildman–Crippen MR) is 80.2 cm³/mol. The number of amides is 2. The van der Waals surface area contributed by atoms with Crippen LogP contribution in [0.3, 0.4) is 0 Å². The summed E-state index contributed by atoms with van der Waals surface area (Å²) in [6.07, 6.45) is 0.611. The van der Waals surface area contributed by atoms with E-state index < -0.39 is 12.0 Å². The van der Waals surface area contributed by atoms with Gasteiger partial charge in [-0.1, -0.05) is 42.5 Å². The Kier molecular flexibility index (Phi) is 4.34. The highest BCUT2D eigenvalue weighted by molar-refractivity contribution is 7.80. The van der Waals surface area contributed by atoms with Gasteiger partial charge in [0.2, 0.25) is 11.8 Å². The molecule has 0 spiro atoms. The van der Waals surface area contributed by atoms with Gasteiger partial charge in [0.1, 0.15) is 12.0 Å². The minimum absolute atomic E-state index is 0.0758. The number of nitrogens with zero attached hydrogens (tertiary/aromatic N) is 1. The second kappa shape index (κ2) is 6.00. The summed E-state index contributed by atoms with van der Waals surface area (Å²) in [4.78, 5) is 25.9. The number of nitrogens with two attached hydrogens (primary N) is 1. The van der Waals surface area contributed by atoms with E-state index in [9.17, 15) is 9.59 Å². The van der Waals surface area contributed by atoms with Gasteiger partial charge in [0.15, 0.2) is 0 Å². The van der Waals surface area contributed by atoms with Crippen molar-refractivity contribution in [1.82, 2.24) is 10.2 Å². The minimum Gasteiger partial charge on any atom is -0.392 e. The molecule has 1 aromatic rings. The summed E-state index contributed by atoms with van der Waals surface area (Å²) >= 11 is 4.99. The van der Waals surface area contributed by atoms with E-state index in [1.807, 2.05) is 18.2 Å². The highest BCUT2D eigenvalue weighted by atomic mass is 32.1. The van der Waals surface area contributed by atoms with Gasteiger partial charge < -0.3 is 16.0 Å². The molecule has 2 rings (SSSR count). The van der Waals surface area contributed by atoms with E-state index in [0.717, 1.165) is 5.56 Å². The number of rotatable bonds is 4. The van der Waals surface area contributed by atoms with E-state index >= 15 is 0 Å². The van der Waals surface area contributed by atoms with E-state index in [1.54, 1.807) is 24.1 Å². The fourth-order valence-electron chi connectivity index (χ4n) is 2.30. The SMILES string of the molecule is CN1CCC(NC(=O)C(C(N)=S)c2ccccc2)C1=O. The minimum atomic E-state index is -0.704. The zero-order valence-electron chi connectivity index (χ0n) is 11.2. The number of hydrogen-bond donors (Lipinski definition) is 2. The lowest BCUT2D eigenvalue weighted by Crippen LogP contribution is -2.45. The molecule has 1 heterocycles. The summed E-state index contributed by atoms with van der Waals surface area (Å²) < 4.78 is 0. The fraction of sp³-hybridized carbons (Fsp3) is 0.357. The zero-order valence-corrected chi connectivity index (χ0v) is 12.0. The fourth-order valence-corrected chi connectivity index (χ4v) is 2.54. The van der Waals surface area contributed by atoms with E-state index in [1.165, 1.54) is 0 Å². The lowest BCUT2D eigenvalue weighted by atomic mass is 9.98. The van der Waals surface area contributed by atoms with Crippen LogP contribution in [0.2, 0.25) is 0 Å². The van der Waals surface area contributed by atoms with Gasteiger partial charge in [-0.25, -0.2) is 0 Å². The number of benzene rings is 1. The van der Waals surface area contributed by atoms with Crippen LogP contribution in [0.4, 0.5) is 0 Å². The van der Waals surface area contributed by atoms with Crippen LogP contribution in [0.5, 0.6) is 0 Å². The summed E-state index contributed by atoms with van der Waals surface area (Å²) in [5, 5.41) is 2.74. The van der Waals surface area contributed by atoms with Crippen molar-refractivity contribution in [2.75, 3.05) is 13.6 Å². The van der Waals surface area contributed by atoms with Crippen molar-refractivity contribution in [2.24, 2.45) is 5.73 Å². The first-order chi connectivity index (χ1) is 9.50. The van der Waals surface area contributed by atoms with Crippen molar-refractivity contribution < 1.29 is 9.59 Å². The van der Waals surface area contributed by atoms with Crippen molar-refractivity contribution in [1.29, 1.82) is 0 Å². The molecule has 3 N–H and O–H groups in total. The van der Waals surface area contributed by atoms with Crippen LogP contribution in [-0.2, 0) is 9.59 Å². The van der Waals surface area contributed by atoms with Crippen LogP contribution >= 0.6 is 12.2 Å². The molecule has 1 fully saturated rings. The van der Waals surface area contributed by atoms with E-state index in [2.05, 4.69) is 5.32 Å². The summed E-state index contributed by atoms with van der Waals surface area (Å²) in [7, 11) is 1.72. The Morgan fingerprint density at radius 2 is 2.10 bits per heavy atom. The van der Waals surface area contributed by atoms with Gasteiger partial charge in [-0.05, 0) is 12.0 Å². The van der Waals surface area contributed by atoms with Crippen LogP contribution in [0.15, 0.2) is 30.3 Å². The number of likely N-dealkylation sites (tertiary alicyclic amines) is 1. The first-order valence-electron chi connectivity index (χ1n) is 6.40. The van der Waals surface area contributed by atoms with E-state index in [-0.39, 0.29) is 16.8 Å². The normalized spacial score (nSPS) is 19.8. The summed E-state index contributed by atoms with van der Waals surface area (Å²) in [5.41, 5.74) is 6.41. The smallest absolute Gasteiger partial charge is 0.244 e. The molecule has 2 unspecified atom stereocenters. The maximum absolute atomic E-state index is 12.3. The van der Waals surface area contributed by atoms with Gasteiger partial charge in [-0.15, -0.1) is 0 Å². The Bertz CT molecular complexity index is 532. The molecule has 2 atom stereocenters. The molecule has 0 aromatic heterocycles. The van der Waals surface area contributed by atoms with E-state index in [0.29, 0.717) is 13.0 Å². The quantitative estimate of drug-likeness (QED) is 0.788. The maximum Gasteiger partial charge on any atom is 0.244 e. The van der Waals surface area contributed by atoms with Gasteiger partial charge in [0.05, 0.1) is 4.99 Å². The summed E-state index contributed by atoms with van der Waals surface area (Å²) in [5.74, 6) is -1.10. The molecular weight excluding hydrogens is 274 g/mol. The Labute approximate surface area is 123 Å². The number of carbonyl (C=O) groups excluding carboxylic acids is 2. The lowest BCUT2D eigenvalue weighted by Gasteiger charge is -2.18. The molecule has 1 aliphatic rings. The number of carbonyl (C=O) groups is 2. The van der Waals surface area contributed by atoms with Gasteiger partial charge >= 0.3 is 0 Å². The molecule has 20 heavy (non-hydrogen) atoms. The molecule has 1 aromatic carbocycles. The molecule has 2 amide bonds. The molecule has 5 nitrogen and oxygen atoms in total. The highest BCUT2D eigenvalue weighted by Gasteiger charge is 2.33. The molecular formula is C14H17N3O2S. The van der Waals surface area contributed by atoms with Crippen molar-refractivity contribution in [3.63, 3.8) is 0 Å². The highest BCUT2D eigenvalue weighted by Crippen LogP contribution is 2.18. The summed E-state index contributed by atoms with van der Waals surface area (Å²) in [6.45, 7) is 0.646. The second-order valence-corrected chi connectivity index (χ2v) is 5.33. The van der Waals surface area contributed by atoms with Crippen LogP contribution in [0, 0.1) is 0 Å². The molecule has 0 radical (unpaired) electrons. The molecule has 0 aliphatic carbocycles. The Morgan fingerprint density at radius 3 is 2.60 bits per heavy atom.